The molecule has 1 heterocycles. The highest BCUT2D eigenvalue weighted by atomic mass is 16.5. The number of nitriles is 1. The van der Waals surface area contributed by atoms with Gasteiger partial charge >= 0.3 is 0 Å². The number of ether oxygens (including phenoxy) is 1. The fraction of sp³-hybridized carbons (Fsp3) is 0.667. The molecule has 2 saturated carbocycles. The molecule has 3 fully saturated rings. The molecule has 7 atom stereocenters. The van der Waals surface area contributed by atoms with Crippen molar-refractivity contribution in [2.24, 2.45) is 29.1 Å². The van der Waals surface area contributed by atoms with Crippen LogP contribution in [0.25, 0.3) is 0 Å². The van der Waals surface area contributed by atoms with E-state index in [9.17, 15) is 14.7 Å². The lowest BCUT2D eigenvalue weighted by Gasteiger charge is -2.56. The van der Waals surface area contributed by atoms with Crippen LogP contribution in [0.1, 0.15) is 62.4 Å². The lowest BCUT2D eigenvalue weighted by Crippen LogP contribution is -2.59. The van der Waals surface area contributed by atoms with Gasteiger partial charge in [-0.25, -0.2) is 0 Å². The molecule has 0 spiro atoms. The average molecular weight is 468 g/mol. The zero-order valence-corrected chi connectivity index (χ0v) is 20.5. The molecule has 3 aliphatic rings. The van der Waals surface area contributed by atoms with Gasteiger partial charge in [0.05, 0.1) is 31.0 Å². The van der Waals surface area contributed by atoms with Gasteiger partial charge in [0.1, 0.15) is 0 Å². The van der Waals surface area contributed by atoms with Gasteiger partial charge in [0, 0.05) is 30.6 Å². The molecule has 0 aromatic heterocycles. The highest BCUT2D eigenvalue weighted by Crippen LogP contribution is 2.55. The predicted octanol–water partition coefficient (Wildman–Crippen LogP) is 2.97. The molecule has 2 aliphatic carbocycles. The van der Waals surface area contributed by atoms with E-state index in [0.717, 1.165) is 25.7 Å². The molecule has 2 N–H and O–H groups in total. The van der Waals surface area contributed by atoms with Crippen molar-refractivity contribution >= 4 is 11.8 Å². The van der Waals surface area contributed by atoms with Gasteiger partial charge in [0.2, 0.25) is 5.91 Å². The number of benzene rings is 1. The maximum atomic E-state index is 13.2. The van der Waals surface area contributed by atoms with Gasteiger partial charge in [0.15, 0.2) is 0 Å². The number of hydrogen-bond donors (Lipinski definition) is 2. The summed E-state index contributed by atoms with van der Waals surface area (Å²) in [5.41, 5.74) is 1.06. The number of nitrogens with one attached hydrogen (secondary N) is 1. The monoisotopic (exact) mass is 467 g/mol. The topological polar surface area (TPSA) is 103 Å². The Morgan fingerprint density at radius 1 is 1.21 bits per heavy atom. The number of aliphatic hydroxyl groups excluding tert-OH is 1. The standard InChI is InChI=1S/C27H37N3O4/c1-17(26(33)30-12-14-34-15-13-30)21-8-10-27(3)11-9-22(18(2)23(27)24(21)31)29-25(32)20-6-4-19(16-28)5-7-20/h4-7,17-18,21-24,31H,8-15H2,1-3H3,(H,29,32)/t17-,18-,21+,22-,23+,24-,27+/m0/s1. The van der Waals surface area contributed by atoms with E-state index < -0.39 is 6.10 Å². The number of rotatable bonds is 4. The number of aliphatic hydroxyl groups is 1. The van der Waals surface area contributed by atoms with Crippen molar-refractivity contribution in [1.29, 1.82) is 5.26 Å². The Morgan fingerprint density at radius 3 is 2.50 bits per heavy atom. The quantitative estimate of drug-likeness (QED) is 0.709. The first-order valence-electron chi connectivity index (χ1n) is 12.6. The highest BCUT2D eigenvalue weighted by molar-refractivity contribution is 5.94. The minimum absolute atomic E-state index is 0.00668. The fourth-order valence-corrected chi connectivity index (χ4v) is 6.70. The minimum Gasteiger partial charge on any atom is -0.392 e. The number of carbonyl (C=O) groups is 2. The van der Waals surface area contributed by atoms with Gasteiger partial charge in [-0.15, -0.1) is 0 Å². The number of hydrogen-bond acceptors (Lipinski definition) is 5. The van der Waals surface area contributed by atoms with E-state index >= 15 is 0 Å². The third-order valence-corrected chi connectivity index (χ3v) is 8.83. The van der Waals surface area contributed by atoms with E-state index in [1.165, 1.54) is 0 Å². The van der Waals surface area contributed by atoms with Crippen molar-refractivity contribution in [3.8, 4) is 6.07 Å². The summed E-state index contributed by atoms with van der Waals surface area (Å²) in [5, 5.41) is 23.8. The number of morpholine rings is 1. The zero-order valence-electron chi connectivity index (χ0n) is 20.5. The molecule has 7 nitrogen and oxygen atoms in total. The average Bonchev–Trinajstić information content (AvgIpc) is 2.85. The van der Waals surface area contributed by atoms with E-state index in [2.05, 4.69) is 25.2 Å². The molecule has 0 unspecified atom stereocenters. The van der Waals surface area contributed by atoms with Crippen molar-refractivity contribution in [3.05, 3.63) is 35.4 Å². The first-order valence-corrected chi connectivity index (χ1v) is 12.6. The molecular formula is C27H37N3O4. The summed E-state index contributed by atoms with van der Waals surface area (Å²) < 4.78 is 5.39. The highest BCUT2D eigenvalue weighted by Gasteiger charge is 2.54. The number of carbonyl (C=O) groups excluding carboxylic acids is 2. The first-order chi connectivity index (χ1) is 16.2. The molecule has 34 heavy (non-hydrogen) atoms. The summed E-state index contributed by atoms with van der Waals surface area (Å²) in [4.78, 5) is 27.9. The minimum atomic E-state index is -0.580. The van der Waals surface area contributed by atoms with Gasteiger partial charge in [-0.2, -0.15) is 5.26 Å². The molecule has 4 rings (SSSR count). The van der Waals surface area contributed by atoms with Crippen LogP contribution in [0.4, 0.5) is 0 Å². The van der Waals surface area contributed by atoms with E-state index in [4.69, 9.17) is 10.00 Å². The van der Waals surface area contributed by atoms with Crippen LogP contribution in [0.2, 0.25) is 0 Å². The van der Waals surface area contributed by atoms with Gasteiger partial charge in [-0.1, -0.05) is 20.8 Å². The van der Waals surface area contributed by atoms with Crippen molar-refractivity contribution in [2.45, 2.75) is 58.6 Å². The molecule has 1 saturated heterocycles. The summed E-state index contributed by atoms with van der Waals surface area (Å²) >= 11 is 0. The maximum absolute atomic E-state index is 13.2. The fourth-order valence-electron chi connectivity index (χ4n) is 6.70. The van der Waals surface area contributed by atoms with E-state index in [1.54, 1.807) is 24.3 Å². The van der Waals surface area contributed by atoms with Crippen LogP contribution in [0.5, 0.6) is 0 Å². The Hall–Kier alpha value is -2.43. The Kier molecular flexibility index (Phi) is 7.30. The second-order valence-electron chi connectivity index (χ2n) is 10.8. The summed E-state index contributed by atoms with van der Waals surface area (Å²) in [6.45, 7) is 8.74. The third-order valence-electron chi connectivity index (χ3n) is 8.83. The van der Waals surface area contributed by atoms with Crippen molar-refractivity contribution in [1.82, 2.24) is 10.2 Å². The second kappa shape index (κ2) is 10.1. The van der Waals surface area contributed by atoms with Crippen LogP contribution < -0.4 is 5.32 Å². The van der Waals surface area contributed by atoms with Gasteiger partial charge in [-0.05, 0) is 73.1 Å². The summed E-state index contributed by atoms with van der Waals surface area (Å²) in [7, 11) is 0. The van der Waals surface area contributed by atoms with Gasteiger partial charge in [0.25, 0.3) is 5.91 Å². The predicted molar refractivity (Wildman–Crippen MR) is 128 cm³/mol. The van der Waals surface area contributed by atoms with E-state index in [-0.39, 0.29) is 46.9 Å². The van der Waals surface area contributed by atoms with E-state index in [0.29, 0.717) is 37.4 Å². The molecule has 184 valence electrons. The lowest BCUT2D eigenvalue weighted by atomic mass is 9.51. The third kappa shape index (κ3) is 4.71. The molecule has 0 bridgehead atoms. The number of nitrogens with zero attached hydrogens (tertiary/aromatic N) is 2. The number of fused-ring (bicyclic) bond motifs is 1. The maximum Gasteiger partial charge on any atom is 0.251 e. The Morgan fingerprint density at radius 2 is 1.85 bits per heavy atom. The van der Waals surface area contributed by atoms with Crippen molar-refractivity contribution in [2.75, 3.05) is 26.3 Å². The summed E-state index contributed by atoms with van der Waals surface area (Å²) in [5.74, 6) is -0.245. The molecule has 7 heteroatoms. The molecule has 1 aliphatic heterocycles. The van der Waals surface area contributed by atoms with Crippen molar-refractivity contribution in [3.63, 3.8) is 0 Å². The number of amides is 2. The Balaban J connectivity index is 1.46. The Labute approximate surface area is 202 Å². The van der Waals surface area contributed by atoms with Crippen LogP contribution in [-0.2, 0) is 9.53 Å². The van der Waals surface area contributed by atoms with Crippen molar-refractivity contribution < 1.29 is 19.4 Å². The molecule has 0 radical (unpaired) electrons. The smallest absolute Gasteiger partial charge is 0.251 e. The van der Waals surface area contributed by atoms with Gasteiger partial charge < -0.3 is 20.1 Å². The molecule has 1 aromatic carbocycles. The van der Waals surface area contributed by atoms with Crippen LogP contribution in [0.15, 0.2) is 24.3 Å². The second-order valence-corrected chi connectivity index (χ2v) is 10.8. The zero-order chi connectivity index (χ0) is 24.5. The van der Waals surface area contributed by atoms with Crippen LogP contribution >= 0.6 is 0 Å². The normalized spacial score (nSPS) is 34.4. The van der Waals surface area contributed by atoms with Crippen LogP contribution in [0, 0.1) is 40.4 Å². The largest absolute Gasteiger partial charge is 0.392 e. The SMILES string of the molecule is C[C@@H]1[C@@H]2[C@@H](O)[C@@H]([C@H](C)C(=O)N3CCOCC3)CC[C@]2(C)CC[C@@H]1NC(=O)c1ccc(C#N)cc1. The summed E-state index contributed by atoms with van der Waals surface area (Å²) in [6.07, 6.45) is 3.07. The molecule has 2 amide bonds. The Bertz CT molecular complexity index is 936. The van der Waals surface area contributed by atoms with Gasteiger partial charge in [-0.3, -0.25) is 9.59 Å². The first kappa shape index (κ1) is 24.7. The van der Waals surface area contributed by atoms with E-state index in [1.807, 2.05) is 11.8 Å². The molecule has 1 aromatic rings. The summed E-state index contributed by atoms with van der Waals surface area (Å²) in [6, 6.07) is 8.68. The lowest BCUT2D eigenvalue weighted by molar-refractivity contribution is -0.153. The molecular weight excluding hydrogens is 430 g/mol. The van der Waals surface area contributed by atoms with Crippen LogP contribution in [0.3, 0.4) is 0 Å². The van der Waals surface area contributed by atoms with Crippen LogP contribution in [-0.4, -0.2) is 60.3 Å².